The van der Waals surface area contributed by atoms with E-state index in [1.165, 1.54) is 0 Å². The first-order valence-electron chi connectivity index (χ1n) is 5.27. The summed E-state index contributed by atoms with van der Waals surface area (Å²) in [6, 6.07) is 11.3. The Bertz CT molecular complexity index is 454. The Morgan fingerprint density at radius 3 is 2.82 bits per heavy atom. The number of benzene rings is 1. The lowest BCUT2D eigenvalue weighted by Gasteiger charge is -2.05. The Morgan fingerprint density at radius 2 is 2.12 bits per heavy atom. The molecule has 2 aromatic rings. The van der Waals surface area contributed by atoms with Gasteiger partial charge in [-0.15, -0.1) is 0 Å². The van der Waals surface area contributed by atoms with Crippen LogP contribution in [0.1, 0.15) is 11.3 Å². The molecule has 0 saturated heterocycles. The molecule has 1 amide bonds. The van der Waals surface area contributed by atoms with Gasteiger partial charge in [-0.05, 0) is 11.6 Å². The fourth-order valence-corrected chi connectivity index (χ4v) is 1.32. The third kappa shape index (κ3) is 3.64. The van der Waals surface area contributed by atoms with E-state index in [1.807, 2.05) is 30.3 Å². The van der Waals surface area contributed by atoms with Gasteiger partial charge in [0.25, 0.3) is 0 Å². The number of nitrogens with one attached hydrogen (secondary N) is 2. The van der Waals surface area contributed by atoms with E-state index in [-0.39, 0.29) is 6.61 Å². The fraction of sp³-hybridized carbons (Fsp3) is 0.167. The number of rotatable bonds is 4. The van der Waals surface area contributed by atoms with Crippen molar-refractivity contribution in [3.05, 3.63) is 53.9 Å². The highest BCUT2D eigenvalue weighted by atomic mass is 16.5. The predicted molar refractivity (Wildman–Crippen MR) is 62.1 cm³/mol. The fourth-order valence-electron chi connectivity index (χ4n) is 1.32. The molecule has 0 aliphatic heterocycles. The van der Waals surface area contributed by atoms with Crippen molar-refractivity contribution in [2.24, 2.45) is 0 Å². The Labute approximate surface area is 98.8 Å². The normalized spacial score (nSPS) is 9.88. The van der Waals surface area contributed by atoms with Crippen LogP contribution >= 0.6 is 0 Å². The molecule has 0 saturated carbocycles. The van der Waals surface area contributed by atoms with Crippen LogP contribution in [0.5, 0.6) is 0 Å². The molecule has 0 radical (unpaired) electrons. The number of hydrogen-bond acceptors (Lipinski definition) is 3. The van der Waals surface area contributed by atoms with Gasteiger partial charge in [0.15, 0.2) is 0 Å². The molecule has 0 fully saturated rings. The number of aromatic nitrogens is 2. The van der Waals surface area contributed by atoms with Crippen molar-refractivity contribution in [3.8, 4) is 0 Å². The lowest BCUT2D eigenvalue weighted by molar-refractivity contribution is 0.139. The summed E-state index contributed by atoms with van der Waals surface area (Å²) in [4.78, 5) is 11.3. The number of aromatic amines is 1. The molecule has 0 aliphatic rings. The average molecular weight is 231 g/mol. The highest BCUT2D eigenvalue weighted by Crippen LogP contribution is 2.00. The Hall–Kier alpha value is -2.30. The minimum absolute atomic E-state index is 0.273. The molecular weight excluding hydrogens is 218 g/mol. The van der Waals surface area contributed by atoms with Crippen molar-refractivity contribution in [2.45, 2.75) is 13.2 Å². The third-order valence-corrected chi connectivity index (χ3v) is 2.19. The largest absolute Gasteiger partial charge is 0.445 e. The van der Waals surface area contributed by atoms with Crippen molar-refractivity contribution in [1.82, 2.24) is 15.5 Å². The number of carbonyl (C=O) groups excluding carboxylic acids is 1. The van der Waals surface area contributed by atoms with E-state index in [0.717, 1.165) is 11.3 Å². The molecule has 2 N–H and O–H groups in total. The third-order valence-electron chi connectivity index (χ3n) is 2.19. The van der Waals surface area contributed by atoms with E-state index < -0.39 is 6.09 Å². The summed E-state index contributed by atoms with van der Waals surface area (Å²) in [5.74, 6) is 0. The first-order valence-corrected chi connectivity index (χ1v) is 5.27. The minimum Gasteiger partial charge on any atom is -0.445 e. The molecule has 5 heteroatoms. The van der Waals surface area contributed by atoms with Crippen LogP contribution in [0.2, 0.25) is 0 Å². The van der Waals surface area contributed by atoms with E-state index in [4.69, 9.17) is 4.74 Å². The first kappa shape index (κ1) is 11.2. The van der Waals surface area contributed by atoms with Crippen LogP contribution in [-0.2, 0) is 17.9 Å². The lowest BCUT2D eigenvalue weighted by Crippen LogP contribution is -2.23. The zero-order valence-corrected chi connectivity index (χ0v) is 9.22. The van der Waals surface area contributed by atoms with E-state index >= 15 is 0 Å². The summed E-state index contributed by atoms with van der Waals surface area (Å²) < 4.78 is 5.04. The van der Waals surface area contributed by atoms with Gasteiger partial charge in [-0.1, -0.05) is 30.3 Å². The SMILES string of the molecule is O=C(NCc1ccn[nH]1)OCc1ccccc1. The molecule has 1 aromatic heterocycles. The average Bonchev–Trinajstić information content (AvgIpc) is 2.88. The molecule has 88 valence electrons. The second-order valence-electron chi connectivity index (χ2n) is 3.50. The van der Waals surface area contributed by atoms with Crippen LogP contribution in [0.4, 0.5) is 4.79 Å². The van der Waals surface area contributed by atoms with Crippen LogP contribution < -0.4 is 5.32 Å². The summed E-state index contributed by atoms with van der Waals surface area (Å²) in [7, 11) is 0. The second kappa shape index (κ2) is 5.69. The summed E-state index contributed by atoms with van der Waals surface area (Å²) in [6.07, 6.45) is 1.19. The number of nitrogens with zero attached hydrogens (tertiary/aromatic N) is 1. The molecular formula is C12H13N3O2. The molecule has 0 bridgehead atoms. The standard InChI is InChI=1S/C12H13N3O2/c16-12(13-8-11-6-7-14-15-11)17-9-10-4-2-1-3-5-10/h1-7H,8-9H2,(H,13,16)(H,14,15). The molecule has 0 aliphatic carbocycles. The Morgan fingerprint density at radius 1 is 1.29 bits per heavy atom. The van der Waals surface area contributed by atoms with Gasteiger partial charge in [-0.3, -0.25) is 5.10 Å². The van der Waals surface area contributed by atoms with Crippen molar-refractivity contribution < 1.29 is 9.53 Å². The van der Waals surface area contributed by atoms with Crippen molar-refractivity contribution in [1.29, 1.82) is 0 Å². The van der Waals surface area contributed by atoms with Crippen LogP contribution in [0, 0.1) is 0 Å². The Kier molecular flexibility index (Phi) is 3.75. The van der Waals surface area contributed by atoms with Crippen molar-refractivity contribution in [3.63, 3.8) is 0 Å². The van der Waals surface area contributed by atoms with Crippen molar-refractivity contribution >= 4 is 6.09 Å². The van der Waals surface area contributed by atoms with Gasteiger partial charge in [0, 0.05) is 6.20 Å². The minimum atomic E-state index is -0.441. The molecule has 0 atom stereocenters. The maximum absolute atomic E-state index is 11.3. The van der Waals surface area contributed by atoms with E-state index in [1.54, 1.807) is 12.3 Å². The number of carbonyl (C=O) groups is 1. The zero-order valence-electron chi connectivity index (χ0n) is 9.22. The number of hydrogen-bond donors (Lipinski definition) is 2. The van der Waals surface area contributed by atoms with E-state index in [9.17, 15) is 4.79 Å². The van der Waals surface area contributed by atoms with Crippen LogP contribution in [0.3, 0.4) is 0 Å². The van der Waals surface area contributed by atoms with Crippen LogP contribution in [0.25, 0.3) is 0 Å². The maximum atomic E-state index is 11.3. The first-order chi connectivity index (χ1) is 8.34. The maximum Gasteiger partial charge on any atom is 0.407 e. The second-order valence-corrected chi connectivity index (χ2v) is 3.50. The predicted octanol–water partition coefficient (Wildman–Crippen LogP) is 1.84. The summed E-state index contributed by atoms with van der Waals surface area (Å²) in [5.41, 5.74) is 1.80. The van der Waals surface area contributed by atoms with Gasteiger partial charge in [-0.2, -0.15) is 5.10 Å². The van der Waals surface area contributed by atoms with Gasteiger partial charge in [0.1, 0.15) is 6.61 Å². The van der Waals surface area contributed by atoms with Gasteiger partial charge in [0.2, 0.25) is 0 Å². The Balaban J connectivity index is 1.71. The van der Waals surface area contributed by atoms with Crippen LogP contribution in [-0.4, -0.2) is 16.3 Å². The number of alkyl carbamates (subject to hydrolysis) is 1. The quantitative estimate of drug-likeness (QED) is 0.843. The number of ether oxygens (including phenoxy) is 1. The monoisotopic (exact) mass is 231 g/mol. The molecule has 0 unspecified atom stereocenters. The van der Waals surface area contributed by atoms with Gasteiger partial charge >= 0.3 is 6.09 Å². The van der Waals surface area contributed by atoms with Gasteiger partial charge < -0.3 is 10.1 Å². The summed E-state index contributed by atoms with van der Waals surface area (Å²) >= 11 is 0. The molecule has 5 nitrogen and oxygen atoms in total. The molecule has 0 spiro atoms. The molecule has 1 heterocycles. The summed E-state index contributed by atoms with van der Waals surface area (Å²) in [6.45, 7) is 0.656. The van der Waals surface area contributed by atoms with Gasteiger partial charge in [-0.25, -0.2) is 4.79 Å². The van der Waals surface area contributed by atoms with Crippen LogP contribution in [0.15, 0.2) is 42.6 Å². The number of H-pyrrole nitrogens is 1. The van der Waals surface area contributed by atoms with E-state index in [2.05, 4.69) is 15.5 Å². The molecule has 1 aromatic carbocycles. The van der Waals surface area contributed by atoms with E-state index in [0.29, 0.717) is 6.54 Å². The highest BCUT2D eigenvalue weighted by Gasteiger charge is 2.02. The smallest absolute Gasteiger partial charge is 0.407 e. The number of amides is 1. The molecule has 17 heavy (non-hydrogen) atoms. The van der Waals surface area contributed by atoms with Gasteiger partial charge in [0.05, 0.1) is 12.2 Å². The lowest BCUT2D eigenvalue weighted by atomic mass is 10.2. The zero-order chi connectivity index (χ0) is 11.9. The molecule has 2 rings (SSSR count). The van der Waals surface area contributed by atoms with Crippen molar-refractivity contribution in [2.75, 3.05) is 0 Å². The summed E-state index contributed by atoms with van der Waals surface area (Å²) in [5, 5.41) is 9.15. The highest BCUT2D eigenvalue weighted by molar-refractivity contribution is 5.67. The topological polar surface area (TPSA) is 67.0 Å².